The average Bonchev–Trinajstić information content (AvgIpc) is 2.77. The lowest BCUT2D eigenvalue weighted by Gasteiger charge is -2.36. The van der Waals surface area contributed by atoms with Gasteiger partial charge in [-0.3, -0.25) is 10.3 Å². The maximum absolute atomic E-state index is 12.1. The van der Waals surface area contributed by atoms with Gasteiger partial charge in [0.15, 0.2) is 8.32 Å². The van der Waals surface area contributed by atoms with Gasteiger partial charge >= 0.3 is 6.09 Å². The van der Waals surface area contributed by atoms with Crippen molar-refractivity contribution < 1.29 is 18.7 Å². The number of hydrogen-bond donors (Lipinski definition) is 1. The first kappa shape index (κ1) is 24.9. The van der Waals surface area contributed by atoms with Gasteiger partial charge in [0.2, 0.25) is 0 Å². The van der Waals surface area contributed by atoms with E-state index in [0.29, 0.717) is 25.5 Å². The smallest absolute Gasteiger partial charge is 0.411 e. The van der Waals surface area contributed by atoms with E-state index in [4.69, 9.17) is 13.9 Å². The van der Waals surface area contributed by atoms with E-state index < -0.39 is 14.4 Å². The summed E-state index contributed by atoms with van der Waals surface area (Å²) in [6, 6.07) is 17.2. The lowest BCUT2D eigenvalue weighted by molar-refractivity contribution is 0.0845. The van der Waals surface area contributed by atoms with E-state index in [1.54, 1.807) is 6.20 Å². The lowest BCUT2D eigenvalue weighted by Crippen LogP contribution is -2.41. The largest absolute Gasteiger partial charge is 0.444 e. The molecule has 0 aliphatic rings. The van der Waals surface area contributed by atoms with Gasteiger partial charge in [-0.15, -0.1) is 0 Å². The zero-order valence-electron chi connectivity index (χ0n) is 20.2. The predicted octanol–water partition coefficient (Wildman–Crippen LogP) is 6.52. The summed E-state index contributed by atoms with van der Waals surface area (Å²) in [6.07, 6.45) is 1.30. The van der Waals surface area contributed by atoms with Gasteiger partial charge < -0.3 is 13.9 Å². The molecule has 1 heterocycles. The molecule has 33 heavy (non-hydrogen) atoms. The van der Waals surface area contributed by atoms with Crippen LogP contribution in [0.1, 0.15) is 31.9 Å². The number of ether oxygens (including phenoxy) is 2. The van der Waals surface area contributed by atoms with E-state index in [9.17, 15) is 4.79 Å². The molecule has 1 N–H and O–H groups in total. The number of nitrogens with zero attached hydrogens (tertiary/aromatic N) is 1. The Bertz CT molecular complexity index is 1060. The molecule has 7 heteroatoms. The summed E-state index contributed by atoms with van der Waals surface area (Å²) in [7, 11) is -1.74. The van der Waals surface area contributed by atoms with E-state index in [1.807, 2.05) is 48.5 Å². The molecule has 1 amide bonds. The molecule has 2 aromatic carbocycles. The second-order valence-corrected chi connectivity index (χ2v) is 14.4. The molecule has 0 saturated carbocycles. The number of carbonyl (C=O) groups excluding carboxylic acids is 1. The van der Waals surface area contributed by atoms with Crippen LogP contribution in [0, 0.1) is 0 Å². The maximum Gasteiger partial charge on any atom is 0.411 e. The number of aromatic nitrogens is 1. The predicted molar refractivity (Wildman–Crippen MR) is 135 cm³/mol. The molecule has 0 spiro atoms. The minimum Gasteiger partial charge on any atom is -0.444 e. The third-order valence-electron chi connectivity index (χ3n) is 5.97. The lowest BCUT2D eigenvalue weighted by atomic mass is 10.1. The number of fused-ring (bicyclic) bond motifs is 1. The van der Waals surface area contributed by atoms with E-state index in [0.717, 1.165) is 22.0 Å². The van der Waals surface area contributed by atoms with Crippen LogP contribution in [0.5, 0.6) is 0 Å². The zero-order chi connectivity index (χ0) is 23.9. The third kappa shape index (κ3) is 7.38. The monoisotopic (exact) mass is 466 g/mol. The van der Waals surface area contributed by atoms with E-state index in [-0.39, 0.29) is 11.6 Å². The molecule has 3 aromatic rings. The molecule has 0 bridgehead atoms. The number of anilines is 1. The second kappa shape index (κ2) is 10.9. The molecular weight excluding hydrogens is 432 g/mol. The van der Waals surface area contributed by atoms with Gasteiger partial charge in [0.1, 0.15) is 6.61 Å². The van der Waals surface area contributed by atoms with Crippen molar-refractivity contribution in [3.05, 3.63) is 71.9 Å². The molecule has 1 aromatic heterocycles. The quantitative estimate of drug-likeness (QED) is 0.287. The van der Waals surface area contributed by atoms with Crippen LogP contribution in [0.25, 0.3) is 10.9 Å². The zero-order valence-corrected chi connectivity index (χ0v) is 21.2. The van der Waals surface area contributed by atoms with Crippen molar-refractivity contribution in [2.75, 3.05) is 18.5 Å². The van der Waals surface area contributed by atoms with E-state index >= 15 is 0 Å². The Morgan fingerprint density at radius 1 is 0.970 bits per heavy atom. The fourth-order valence-corrected chi connectivity index (χ4v) is 3.99. The number of nitrogens with one attached hydrogen (secondary N) is 1. The number of pyridine rings is 1. The molecule has 0 radical (unpaired) electrons. The first-order valence-electron chi connectivity index (χ1n) is 11.2. The number of amides is 1. The molecule has 176 valence electrons. The van der Waals surface area contributed by atoms with Crippen LogP contribution >= 0.6 is 0 Å². The minimum atomic E-state index is -1.74. The van der Waals surface area contributed by atoms with Crippen molar-refractivity contribution in [2.24, 2.45) is 0 Å². The highest BCUT2D eigenvalue weighted by Gasteiger charge is 2.36. The molecule has 3 rings (SSSR count). The Kier molecular flexibility index (Phi) is 8.23. The number of carbonyl (C=O) groups is 1. The highest BCUT2D eigenvalue weighted by molar-refractivity contribution is 6.74. The van der Waals surface area contributed by atoms with Gasteiger partial charge in [0, 0.05) is 17.3 Å². The normalized spacial score (nSPS) is 12.0. The summed E-state index contributed by atoms with van der Waals surface area (Å²) >= 11 is 0. The number of rotatable bonds is 9. The second-order valence-electron chi connectivity index (χ2n) is 9.60. The Morgan fingerprint density at radius 3 is 2.45 bits per heavy atom. The molecule has 0 fully saturated rings. The first-order valence-corrected chi connectivity index (χ1v) is 14.1. The van der Waals surface area contributed by atoms with Gasteiger partial charge in [-0.1, -0.05) is 57.2 Å². The van der Waals surface area contributed by atoms with Crippen molar-refractivity contribution in [1.29, 1.82) is 0 Å². The molecular formula is C26H34N2O4Si. The van der Waals surface area contributed by atoms with Crippen molar-refractivity contribution in [2.45, 2.75) is 52.1 Å². The van der Waals surface area contributed by atoms with Gasteiger partial charge in [0.25, 0.3) is 0 Å². The topological polar surface area (TPSA) is 69.7 Å². The summed E-state index contributed by atoms with van der Waals surface area (Å²) in [5, 5.41) is 3.93. The average molecular weight is 467 g/mol. The standard InChI is InChI=1S/C26H34N2O4Si/c1-26(2,3)33(4,5)32-14-13-30-18-21-15-22-11-12-23(16-24(22)27-17-21)28-25(29)31-19-20-9-7-6-8-10-20/h6-12,15-17H,13-14,18-19H2,1-5H3,(H,28,29). The molecule has 0 aliphatic heterocycles. The van der Waals surface area contributed by atoms with Crippen LogP contribution in [-0.2, 0) is 27.1 Å². The summed E-state index contributed by atoms with van der Waals surface area (Å²) in [4.78, 5) is 16.6. The minimum absolute atomic E-state index is 0.196. The van der Waals surface area contributed by atoms with E-state index in [1.165, 1.54) is 0 Å². The maximum atomic E-state index is 12.1. The summed E-state index contributed by atoms with van der Waals surface area (Å²) in [5.41, 5.74) is 3.37. The van der Waals surface area contributed by atoms with Crippen LogP contribution in [0.2, 0.25) is 18.1 Å². The summed E-state index contributed by atoms with van der Waals surface area (Å²) in [5.74, 6) is 0. The van der Waals surface area contributed by atoms with Crippen LogP contribution in [-0.4, -0.2) is 32.6 Å². The molecule has 0 unspecified atom stereocenters. The van der Waals surface area contributed by atoms with Gasteiger partial charge in [-0.05, 0) is 47.5 Å². The Balaban J connectivity index is 1.47. The molecule has 0 aliphatic carbocycles. The summed E-state index contributed by atoms with van der Waals surface area (Å²) < 4.78 is 17.2. The number of benzene rings is 2. The third-order valence-corrected chi connectivity index (χ3v) is 10.5. The Labute approximate surface area is 197 Å². The SMILES string of the molecule is CC(C)(C)[Si](C)(C)OCCOCc1cnc2cc(NC(=O)OCc3ccccc3)ccc2c1. The molecule has 0 atom stereocenters. The van der Waals surface area contributed by atoms with Crippen LogP contribution < -0.4 is 5.32 Å². The van der Waals surface area contributed by atoms with E-state index in [2.05, 4.69) is 50.2 Å². The highest BCUT2D eigenvalue weighted by Crippen LogP contribution is 2.36. The van der Waals surface area contributed by atoms with Crippen molar-refractivity contribution in [3.8, 4) is 0 Å². The van der Waals surface area contributed by atoms with Crippen molar-refractivity contribution >= 4 is 31.0 Å². The summed E-state index contributed by atoms with van der Waals surface area (Å²) in [6.45, 7) is 13.0. The fraction of sp³-hybridized carbons (Fsp3) is 0.385. The highest BCUT2D eigenvalue weighted by atomic mass is 28.4. The van der Waals surface area contributed by atoms with Crippen LogP contribution in [0.4, 0.5) is 10.5 Å². The van der Waals surface area contributed by atoms with Crippen molar-refractivity contribution in [1.82, 2.24) is 4.98 Å². The van der Waals surface area contributed by atoms with Gasteiger partial charge in [-0.2, -0.15) is 0 Å². The van der Waals surface area contributed by atoms with Crippen LogP contribution in [0.15, 0.2) is 60.8 Å². The first-order chi connectivity index (χ1) is 15.6. The Hall–Kier alpha value is -2.74. The fourth-order valence-electron chi connectivity index (χ4n) is 2.96. The van der Waals surface area contributed by atoms with Crippen molar-refractivity contribution in [3.63, 3.8) is 0 Å². The molecule has 0 saturated heterocycles. The van der Waals surface area contributed by atoms with Crippen LogP contribution in [0.3, 0.4) is 0 Å². The van der Waals surface area contributed by atoms with Gasteiger partial charge in [0.05, 0.1) is 25.3 Å². The number of hydrogen-bond acceptors (Lipinski definition) is 5. The van der Waals surface area contributed by atoms with Gasteiger partial charge in [-0.25, -0.2) is 4.79 Å². The Morgan fingerprint density at radius 2 is 1.73 bits per heavy atom. The molecule has 6 nitrogen and oxygen atoms in total.